The van der Waals surface area contributed by atoms with Crippen LogP contribution in [0.1, 0.15) is 38.2 Å². The maximum Gasteiger partial charge on any atom is 0.119 e. The summed E-state index contributed by atoms with van der Waals surface area (Å²) in [5.41, 5.74) is 1.35. The third-order valence-corrected chi connectivity index (χ3v) is 3.28. The number of allylic oxidation sites excluding steroid dienone is 1. The monoisotopic (exact) mass is 261 g/mol. The Kier molecular flexibility index (Phi) is 7.99. The van der Waals surface area contributed by atoms with Crippen LogP contribution in [0.4, 0.5) is 0 Å². The predicted molar refractivity (Wildman–Crippen MR) is 82.8 cm³/mol. The van der Waals surface area contributed by atoms with E-state index in [1.807, 2.05) is 13.1 Å². The molecule has 1 rings (SSSR count). The Balaban J connectivity index is 2.22. The molecule has 0 radical (unpaired) electrons. The van der Waals surface area contributed by atoms with Gasteiger partial charge in [0.2, 0.25) is 0 Å². The molecule has 0 fully saturated rings. The Morgan fingerprint density at radius 3 is 2.58 bits per heavy atom. The van der Waals surface area contributed by atoms with E-state index in [4.69, 9.17) is 4.74 Å². The number of hydrogen-bond acceptors (Lipinski definition) is 2. The van der Waals surface area contributed by atoms with Crippen molar-refractivity contribution in [3.05, 3.63) is 42.5 Å². The number of hydrogen-bond donors (Lipinski definition) is 1. The van der Waals surface area contributed by atoms with Crippen molar-refractivity contribution in [1.29, 1.82) is 0 Å². The first-order valence-corrected chi connectivity index (χ1v) is 7.26. The van der Waals surface area contributed by atoms with Crippen molar-refractivity contribution < 1.29 is 4.74 Å². The van der Waals surface area contributed by atoms with Gasteiger partial charge in [0.1, 0.15) is 5.75 Å². The first-order chi connectivity index (χ1) is 9.26. The quantitative estimate of drug-likeness (QED) is 0.508. The van der Waals surface area contributed by atoms with Gasteiger partial charge in [0.25, 0.3) is 0 Å². The summed E-state index contributed by atoms with van der Waals surface area (Å²) in [5.74, 6) is 0.976. The second-order valence-electron chi connectivity index (χ2n) is 5.02. The molecule has 0 spiro atoms. The zero-order chi connectivity index (χ0) is 13.9. The summed E-state index contributed by atoms with van der Waals surface area (Å²) in [7, 11) is 1.99. The lowest BCUT2D eigenvalue weighted by Gasteiger charge is -2.11. The fraction of sp³-hybridized carbons (Fsp3) is 0.529. The van der Waals surface area contributed by atoms with Crippen LogP contribution < -0.4 is 10.1 Å². The van der Waals surface area contributed by atoms with Crippen LogP contribution in [0.2, 0.25) is 0 Å². The van der Waals surface area contributed by atoms with Gasteiger partial charge in [-0.05, 0) is 63.8 Å². The first kappa shape index (κ1) is 15.8. The second-order valence-corrected chi connectivity index (χ2v) is 5.02. The molecule has 2 nitrogen and oxygen atoms in total. The van der Waals surface area contributed by atoms with Crippen molar-refractivity contribution in [2.24, 2.45) is 0 Å². The van der Waals surface area contributed by atoms with E-state index in [2.05, 4.69) is 43.1 Å². The lowest BCUT2D eigenvalue weighted by atomic mass is 10.1. The summed E-state index contributed by atoms with van der Waals surface area (Å²) in [6.07, 6.45) is 7.69. The minimum Gasteiger partial charge on any atom is -0.494 e. The lowest BCUT2D eigenvalue weighted by Crippen LogP contribution is -2.23. The maximum absolute atomic E-state index is 5.73. The van der Waals surface area contributed by atoms with Crippen LogP contribution in [-0.4, -0.2) is 19.7 Å². The average Bonchev–Trinajstić information content (AvgIpc) is 2.44. The van der Waals surface area contributed by atoms with Gasteiger partial charge in [-0.3, -0.25) is 0 Å². The highest BCUT2D eigenvalue weighted by Crippen LogP contribution is 2.14. The first-order valence-electron chi connectivity index (χ1n) is 7.26. The highest BCUT2D eigenvalue weighted by atomic mass is 16.5. The van der Waals surface area contributed by atoms with Gasteiger partial charge in [-0.15, -0.1) is 6.58 Å². The normalized spacial score (nSPS) is 12.1. The highest BCUT2D eigenvalue weighted by molar-refractivity contribution is 5.27. The zero-order valence-electron chi connectivity index (χ0n) is 12.3. The summed E-state index contributed by atoms with van der Waals surface area (Å²) in [4.78, 5) is 0. The van der Waals surface area contributed by atoms with Crippen molar-refractivity contribution in [2.45, 2.75) is 45.1 Å². The van der Waals surface area contributed by atoms with Crippen molar-refractivity contribution >= 4 is 0 Å². The molecule has 1 aromatic carbocycles. The molecule has 0 saturated carbocycles. The van der Waals surface area contributed by atoms with Gasteiger partial charge in [0.15, 0.2) is 0 Å². The van der Waals surface area contributed by atoms with Crippen molar-refractivity contribution in [1.82, 2.24) is 5.32 Å². The molecule has 2 heteroatoms. The second kappa shape index (κ2) is 9.62. The van der Waals surface area contributed by atoms with Gasteiger partial charge < -0.3 is 10.1 Å². The van der Waals surface area contributed by atoms with E-state index in [0.29, 0.717) is 6.04 Å². The van der Waals surface area contributed by atoms with Crippen LogP contribution in [-0.2, 0) is 6.42 Å². The van der Waals surface area contributed by atoms with E-state index >= 15 is 0 Å². The fourth-order valence-electron chi connectivity index (χ4n) is 1.93. The Morgan fingerprint density at radius 1 is 1.21 bits per heavy atom. The maximum atomic E-state index is 5.73. The van der Waals surface area contributed by atoms with Crippen molar-refractivity contribution in [3.8, 4) is 5.75 Å². The van der Waals surface area contributed by atoms with Gasteiger partial charge >= 0.3 is 0 Å². The SMILES string of the molecule is C=CCCCCCOc1ccc(CC(C)NC)cc1. The molecule has 0 aliphatic heterocycles. The molecule has 0 heterocycles. The summed E-state index contributed by atoms with van der Waals surface area (Å²) >= 11 is 0. The summed E-state index contributed by atoms with van der Waals surface area (Å²) in [6.45, 7) is 6.72. The van der Waals surface area contributed by atoms with E-state index < -0.39 is 0 Å². The topological polar surface area (TPSA) is 21.3 Å². The smallest absolute Gasteiger partial charge is 0.119 e. The standard InChI is InChI=1S/C17H27NO/c1-4-5-6-7-8-13-19-17-11-9-16(10-12-17)14-15(2)18-3/h4,9-12,15,18H,1,5-8,13-14H2,2-3H3. The van der Waals surface area contributed by atoms with Gasteiger partial charge in [0.05, 0.1) is 6.61 Å². The van der Waals surface area contributed by atoms with Crippen LogP contribution in [0.15, 0.2) is 36.9 Å². The Hall–Kier alpha value is -1.28. The van der Waals surface area contributed by atoms with Gasteiger partial charge in [-0.25, -0.2) is 0 Å². The fourth-order valence-corrected chi connectivity index (χ4v) is 1.93. The van der Waals surface area contributed by atoms with E-state index in [-0.39, 0.29) is 0 Å². The molecule has 1 N–H and O–H groups in total. The van der Waals surface area contributed by atoms with Gasteiger partial charge in [0, 0.05) is 6.04 Å². The molecule has 0 aliphatic carbocycles. The van der Waals surface area contributed by atoms with Gasteiger partial charge in [-0.1, -0.05) is 18.2 Å². The molecule has 0 amide bonds. The van der Waals surface area contributed by atoms with Crippen LogP contribution in [0.3, 0.4) is 0 Å². The summed E-state index contributed by atoms with van der Waals surface area (Å²) in [5, 5.41) is 3.25. The largest absolute Gasteiger partial charge is 0.494 e. The number of rotatable bonds is 10. The minimum absolute atomic E-state index is 0.511. The predicted octanol–water partition coefficient (Wildman–Crippen LogP) is 3.96. The average molecular weight is 261 g/mol. The van der Waals surface area contributed by atoms with Crippen LogP contribution in [0.25, 0.3) is 0 Å². The molecule has 19 heavy (non-hydrogen) atoms. The molecule has 106 valence electrons. The van der Waals surface area contributed by atoms with Crippen LogP contribution >= 0.6 is 0 Å². The van der Waals surface area contributed by atoms with E-state index in [1.165, 1.54) is 18.4 Å². The Morgan fingerprint density at radius 2 is 1.95 bits per heavy atom. The third kappa shape index (κ3) is 7.02. The zero-order valence-corrected chi connectivity index (χ0v) is 12.3. The number of benzene rings is 1. The van der Waals surface area contributed by atoms with Gasteiger partial charge in [-0.2, -0.15) is 0 Å². The number of ether oxygens (including phenoxy) is 1. The van der Waals surface area contributed by atoms with Crippen molar-refractivity contribution in [2.75, 3.05) is 13.7 Å². The molecule has 1 unspecified atom stereocenters. The molecule has 0 aliphatic rings. The minimum atomic E-state index is 0.511. The Labute approximate surface area is 117 Å². The molecule has 1 aromatic rings. The highest BCUT2D eigenvalue weighted by Gasteiger charge is 2.01. The summed E-state index contributed by atoms with van der Waals surface area (Å²) < 4.78 is 5.73. The molecule has 0 aromatic heterocycles. The molecule has 1 atom stereocenters. The number of unbranched alkanes of at least 4 members (excludes halogenated alkanes) is 3. The Bertz CT molecular complexity index is 345. The molecule has 0 saturated heterocycles. The molecule has 0 bridgehead atoms. The van der Waals surface area contributed by atoms with Crippen LogP contribution in [0.5, 0.6) is 5.75 Å². The third-order valence-electron chi connectivity index (χ3n) is 3.28. The molecular formula is C17H27NO. The lowest BCUT2D eigenvalue weighted by molar-refractivity contribution is 0.305. The molecular weight excluding hydrogens is 234 g/mol. The summed E-state index contributed by atoms with van der Waals surface area (Å²) in [6, 6.07) is 8.96. The van der Waals surface area contributed by atoms with E-state index in [9.17, 15) is 0 Å². The van der Waals surface area contributed by atoms with Crippen molar-refractivity contribution in [3.63, 3.8) is 0 Å². The van der Waals surface area contributed by atoms with E-state index in [1.54, 1.807) is 0 Å². The number of nitrogens with one attached hydrogen (secondary N) is 1. The number of likely N-dealkylation sites (N-methyl/N-ethyl adjacent to an activating group) is 1. The van der Waals surface area contributed by atoms with E-state index in [0.717, 1.165) is 31.6 Å². The van der Waals surface area contributed by atoms with Crippen LogP contribution in [0, 0.1) is 0 Å².